The fraction of sp³-hybridized carbons (Fsp3) is 0.407. The molecule has 0 amide bonds. The van der Waals surface area contributed by atoms with Crippen molar-refractivity contribution in [2.75, 3.05) is 13.1 Å². The summed E-state index contributed by atoms with van der Waals surface area (Å²) in [6, 6.07) is 20.4. The Kier molecular flexibility index (Phi) is 8.14. The molecule has 2 atom stereocenters. The summed E-state index contributed by atoms with van der Waals surface area (Å²) in [5.74, 6) is 0.909. The van der Waals surface area contributed by atoms with E-state index in [0.717, 1.165) is 45.0 Å². The maximum atomic E-state index is 4.89. The molecule has 2 unspecified atom stereocenters. The van der Waals surface area contributed by atoms with Gasteiger partial charge >= 0.3 is 0 Å². The maximum Gasteiger partial charge on any atom is 0.191 e. The number of imidazole rings is 1. The van der Waals surface area contributed by atoms with Crippen molar-refractivity contribution >= 4 is 5.96 Å². The monoisotopic (exact) mass is 444 g/mol. The largest absolute Gasteiger partial charge is 0.357 e. The SMILES string of the molecule is CCNC(=NCc1cccc(Cn2ccnc2)c1)NC1CCN(Cc2ccccc2)C(C)C1. The number of hydrogen-bond donors (Lipinski definition) is 2. The second-order valence-electron chi connectivity index (χ2n) is 8.92. The number of hydrogen-bond acceptors (Lipinski definition) is 3. The molecule has 0 aliphatic carbocycles. The predicted molar refractivity (Wildman–Crippen MR) is 135 cm³/mol. The molecule has 0 saturated carbocycles. The summed E-state index contributed by atoms with van der Waals surface area (Å²) in [6.07, 6.45) is 7.91. The highest BCUT2D eigenvalue weighted by Crippen LogP contribution is 2.20. The van der Waals surface area contributed by atoms with E-state index >= 15 is 0 Å². The first kappa shape index (κ1) is 23.1. The molecule has 4 rings (SSSR count). The van der Waals surface area contributed by atoms with Crippen molar-refractivity contribution in [1.29, 1.82) is 0 Å². The van der Waals surface area contributed by atoms with Gasteiger partial charge in [0.1, 0.15) is 0 Å². The highest BCUT2D eigenvalue weighted by Gasteiger charge is 2.25. The van der Waals surface area contributed by atoms with Crippen molar-refractivity contribution in [2.24, 2.45) is 4.99 Å². The first-order valence-electron chi connectivity index (χ1n) is 12.1. The van der Waals surface area contributed by atoms with Crippen LogP contribution >= 0.6 is 0 Å². The molecule has 2 N–H and O–H groups in total. The van der Waals surface area contributed by atoms with Crippen LogP contribution in [0.4, 0.5) is 0 Å². The van der Waals surface area contributed by atoms with Crippen LogP contribution in [0, 0.1) is 0 Å². The molecule has 1 saturated heterocycles. The summed E-state index contributed by atoms with van der Waals surface area (Å²) < 4.78 is 2.08. The zero-order valence-electron chi connectivity index (χ0n) is 19.8. The van der Waals surface area contributed by atoms with Gasteiger partial charge in [-0.1, -0.05) is 54.6 Å². The van der Waals surface area contributed by atoms with Gasteiger partial charge in [-0.2, -0.15) is 0 Å². The Hall–Kier alpha value is -3.12. The summed E-state index contributed by atoms with van der Waals surface area (Å²) in [4.78, 5) is 11.6. The third kappa shape index (κ3) is 6.93. The number of benzene rings is 2. The Morgan fingerprint density at radius 2 is 1.88 bits per heavy atom. The van der Waals surface area contributed by atoms with E-state index in [0.29, 0.717) is 18.6 Å². The van der Waals surface area contributed by atoms with Gasteiger partial charge in [-0.25, -0.2) is 9.98 Å². The molecule has 2 aromatic carbocycles. The second kappa shape index (κ2) is 11.7. The molecule has 3 aromatic rings. The zero-order valence-corrected chi connectivity index (χ0v) is 19.8. The fourth-order valence-corrected chi connectivity index (χ4v) is 4.51. The summed E-state index contributed by atoms with van der Waals surface area (Å²) in [5, 5.41) is 7.12. The predicted octanol–water partition coefficient (Wildman–Crippen LogP) is 4.04. The molecular formula is C27H36N6. The minimum absolute atomic E-state index is 0.442. The van der Waals surface area contributed by atoms with Crippen LogP contribution in [0.25, 0.3) is 0 Å². The van der Waals surface area contributed by atoms with E-state index in [4.69, 9.17) is 4.99 Å². The van der Waals surface area contributed by atoms with Crippen molar-refractivity contribution in [3.63, 3.8) is 0 Å². The maximum absolute atomic E-state index is 4.89. The Bertz CT molecular complexity index is 998. The Balaban J connectivity index is 1.32. The summed E-state index contributed by atoms with van der Waals surface area (Å²) in [6.45, 7) is 8.93. The third-order valence-electron chi connectivity index (χ3n) is 6.26. The lowest BCUT2D eigenvalue weighted by molar-refractivity contribution is 0.134. The lowest BCUT2D eigenvalue weighted by Gasteiger charge is -2.38. The Morgan fingerprint density at radius 3 is 2.64 bits per heavy atom. The number of nitrogens with one attached hydrogen (secondary N) is 2. The molecule has 0 radical (unpaired) electrons. The highest BCUT2D eigenvalue weighted by molar-refractivity contribution is 5.80. The topological polar surface area (TPSA) is 57.5 Å². The quantitative estimate of drug-likeness (QED) is 0.407. The smallest absolute Gasteiger partial charge is 0.191 e. The molecule has 0 bridgehead atoms. The molecule has 2 heterocycles. The second-order valence-corrected chi connectivity index (χ2v) is 8.92. The van der Waals surface area contributed by atoms with Gasteiger partial charge in [0.2, 0.25) is 0 Å². The van der Waals surface area contributed by atoms with Gasteiger partial charge in [0.15, 0.2) is 5.96 Å². The average molecular weight is 445 g/mol. The van der Waals surface area contributed by atoms with Crippen LogP contribution in [0.1, 0.15) is 43.4 Å². The van der Waals surface area contributed by atoms with Gasteiger partial charge in [-0.05, 0) is 43.4 Å². The molecule has 1 aromatic heterocycles. The minimum Gasteiger partial charge on any atom is -0.357 e. The van der Waals surface area contributed by atoms with Gasteiger partial charge in [-0.15, -0.1) is 0 Å². The minimum atomic E-state index is 0.442. The number of nitrogens with zero attached hydrogens (tertiary/aromatic N) is 4. The molecule has 1 aliphatic heterocycles. The summed E-state index contributed by atoms with van der Waals surface area (Å²) in [5.41, 5.74) is 3.87. The van der Waals surface area contributed by atoms with E-state index in [9.17, 15) is 0 Å². The lowest BCUT2D eigenvalue weighted by atomic mass is 9.97. The van der Waals surface area contributed by atoms with Crippen LogP contribution in [-0.4, -0.2) is 45.6 Å². The van der Waals surface area contributed by atoms with Crippen molar-refractivity contribution in [3.05, 3.63) is 90.0 Å². The first-order chi connectivity index (χ1) is 16.2. The molecule has 1 fully saturated rings. The number of guanidine groups is 1. The molecule has 33 heavy (non-hydrogen) atoms. The van der Waals surface area contributed by atoms with Crippen LogP contribution in [0.15, 0.2) is 78.3 Å². The lowest BCUT2D eigenvalue weighted by Crippen LogP contribution is -2.51. The number of aromatic nitrogens is 2. The number of rotatable bonds is 8. The van der Waals surface area contributed by atoms with E-state index in [1.165, 1.54) is 16.7 Å². The van der Waals surface area contributed by atoms with E-state index < -0.39 is 0 Å². The first-order valence-corrected chi connectivity index (χ1v) is 12.1. The van der Waals surface area contributed by atoms with Crippen molar-refractivity contribution in [1.82, 2.24) is 25.1 Å². The van der Waals surface area contributed by atoms with E-state index in [1.807, 2.05) is 18.7 Å². The fourth-order valence-electron chi connectivity index (χ4n) is 4.51. The highest BCUT2D eigenvalue weighted by atomic mass is 15.2. The summed E-state index contributed by atoms with van der Waals surface area (Å²) in [7, 11) is 0. The van der Waals surface area contributed by atoms with Gasteiger partial charge in [0.25, 0.3) is 0 Å². The van der Waals surface area contributed by atoms with Crippen LogP contribution in [0.5, 0.6) is 0 Å². The number of piperidine rings is 1. The summed E-state index contributed by atoms with van der Waals surface area (Å²) >= 11 is 0. The number of likely N-dealkylation sites (tertiary alicyclic amines) is 1. The molecule has 1 aliphatic rings. The van der Waals surface area contributed by atoms with Gasteiger partial charge in [0.05, 0.1) is 12.9 Å². The molecular weight excluding hydrogens is 408 g/mol. The molecule has 6 heteroatoms. The van der Waals surface area contributed by atoms with Crippen LogP contribution < -0.4 is 10.6 Å². The van der Waals surface area contributed by atoms with Crippen LogP contribution in [-0.2, 0) is 19.6 Å². The standard InChI is InChI=1S/C27H36N6/c1-3-29-27(30-18-24-10-7-11-25(17-24)19-32-15-13-28-21-32)31-26-12-14-33(22(2)16-26)20-23-8-5-4-6-9-23/h4-11,13,15,17,21-22,26H,3,12,14,16,18-20H2,1-2H3,(H2,29,30,31). The normalized spacial score (nSPS) is 19.4. The van der Waals surface area contributed by atoms with E-state index in [2.05, 4.69) is 93.5 Å². The van der Waals surface area contributed by atoms with Crippen molar-refractivity contribution < 1.29 is 0 Å². The van der Waals surface area contributed by atoms with E-state index in [1.54, 1.807) is 0 Å². The molecule has 174 valence electrons. The average Bonchev–Trinajstić information content (AvgIpc) is 3.33. The van der Waals surface area contributed by atoms with Crippen LogP contribution in [0.2, 0.25) is 0 Å². The number of aliphatic imine (C=N–C) groups is 1. The molecule has 0 spiro atoms. The van der Waals surface area contributed by atoms with Gasteiger partial charge < -0.3 is 15.2 Å². The molecule has 6 nitrogen and oxygen atoms in total. The third-order valence-corrected chi connectivity index (χ3v) is 6.26. The Morgan fingerprint density at radius 1 is 1.06 bits per heavy atom. The van der Waals surface area contributed by atoms with Gasteiger partial charge in [-0.3, -0.25) is 4.90 Å². The van der Waals surface area contributed by atoms with Crippen LogP contribution in [0.3, 0.4) is 0 Å². The Labute approximate surface area is 197 Å². The zero-order chi connectivity index (χ0) is 22.9. The van der Waals surface area contributed by atoms with Gasteiger partial charge in [0, 0.05) is 50.7 Å². The van der Waals surface area contributed by atoms with Crippen molar-refractivity contribution in [2.45, 2.75) is 58.4 Å². The van der Waals surface area contributed by atoms with Crippen molar-refractivity contribution in [3.8, 4) is 0 Å². The van der Waals surface area contributed by atoms with E-state index in [-0.39, 0.29) is 0 Å².